The number of amides is 1. The molecule has 3 saturated carbocycles. The highest BCUT2D eigenvalue weighted by molar-refractivity contribution is 7.90. The molecule has 1 saturated heterocycles. The average molecular weight is 608 g/mol. The molecule has 9 atom stereocenters. The SMILES string of the molecule is C[C@H](/C=C/C(=O)NS(=O)(=O)c1ccc(OC(F)(F)F)cc1)C1CCC2C3C(CC[C@@]21C)[C@@]1(C)CCC(=O)C=C1[C@H]1O[C@@H]31. The monoisotopic (exact) mass is 607 g/mol. The number of allylic oxidation sites excluding steroid dienone is 1. The average Bonchev–Trinajstić information content (AvgIpc) is 3.61. The van der Waals surface area contributed by atoms with Crippen LogP contribution in [0.1, 0.15) is 59.3 Å². The van der Waals surface area contributed by atoms with Crippen molar-refractivity contribution in [1.82, 2.24) is 4.72 Å². The zero-order valence-electron chi connectivity index (χ0n) is 23.8. The Labute approximate surface area is 244 Å². The van der Waals surface area contributed by atoms with Gasteiger partial charge in [0, 0.05) is 12.5 Å². The van der Waals surface area contributed by atoms with Crippen molar-refractivity contribution in [3.05, 3.63) is 48.1 Å². The van der Waals surface area contributed by atoms with Crippen molar-refractivity contribution in [2.75, 3.05) is 0 Å². The minimum Gasteiger partial charge on any atom is -0.406 e. The number of alkyl halides is 3. The van der Waals surface area contributed by atoms with Crippen LogP contribution in [0.5, 0.6) is 5.75 Å². The molecule has 0 aromatic heterocycles. The van der Waals surface area contributed by atoms with Crippen molar-refractivity contribution >= 4 is 21.7 Å². The smallest absolute Gasteiger partial charge is 0.406 e. The predicted molar refractivity (Wildman–Crippen MR) is 146 cm³/mol. The molecule has 6 rings (SSSR count). The Morgan fingerprint density at radius 3 is 2.52 bits per heavy atom. The number of halogens is 3. The summed E-state index contributed by atoms with van der Waals surface area (Å²) < 4.78 is 74.4. The van der Waals surface area contributed by atoms with Crippen LogP contribution in [0.4, 0.5) is 13.2 Å². The molecule has 0 spiro atoms. The van der Waals surface area contributed by atoms with Crippen molar-refractivity contribution in [1.29, 1.82) is 0 Å². The largest absolute Gasteiger partial charge is 0.573 e. The van der Waals surface area contributed by atoms with Gasteiger partial charge < -0.3 is 9.47 Å². The van der Waals surface area contributed by atoms with E-state index in [1.54, 1.807) is 6.08 Å². The minimum absolute atomic E-state index is 0.0104. The molecular weight excluding hydrogens is 571 g/mol. The van der Waals surface area contributed by atoms with Crippen LogP contribution < -0.4 is 9.46 Å². The molecular formula is C31H36F3NO6S. The molecule has 5 aliphatic rings. The number of benzene rings is 1. The van der Waals surface area contributed by atoms with Crippen LogP contribution >= 0.6 is 0 Å². The fourth-order valence-electron chi connectivity index (χ4n) is 9.13. The number of epoxide rings is 1. The Balaban J connectivity index is 1.11. The molecule has 11 heteroatoms. The first-order valence-corrected chi connectivity index (χ1v) is 16.1. The second-order valence-corrected chi connectivity index (χ2v) is 14.9. The molecule has 42 heavy (non-hydrogen) atoms. The normalized spacial score (nSPS) is 38.0. The van der Waals surface area contributed by atoms with Gasteiger partial charge in [0.2, 0.25) is 0 Å². The number of rotatable bonds is 6. The van der Waals surface area contributed by atoms with Gasteiger partial charge in [-0.2, -0.15) is 0 Å². The minimum atomic E-state index is -4.90. The molecule has 1 aliphatic heterocycles. The van der Waals surface area contributed by atoms with Crippen molar-refractivity contribution in [3.8, 4) is 5.75 Å². The van der Waals surface area contributed by atoms with Gasteiger partial charge in [-0.1, -0.05) is 26.8 Å². The number of carbonyl (C=O) groups is 2. The van der Waals surface area contributed by atoms with Gasteiger partial charge in [0.15, 0.2) is 5.78 Å². The van der Waals surface area contributed by atoms with Crippen LogP contribution in [0, 0.1) is 40.4 Å². The Hall–Kier alpha value is -2.66. The highest BCUT2D eigenvalue weighted by Gasteiger charge is 2.69. The molecule has 1 amide bonds. The maximum atomic E-state index is 12.6. The third-order valence-corrected chi connectivity index (χ3v) is 12.5. The topological polar surface area (TPSA) is 102 Å². The highest BCUT2D eigenvalue weighted by Crippen LogP contribution is 2.70. The molecule has 1 N–H and O–H groups in total. The van der Waals surface area contributed by atoms with E-state index in [2.05, 4.69) is 25.5 Å². The number of sulfonamides is 1. The summed E-state index contributed by atoms with van der Waals surface area (Å²) in [6.45, 7) is 6.76. The van der Waals surface area contributed by atoms with E-state index in [4.69, 9.17) is 4.74 Å². The lowest BCUT2D eigenvalue weighted by molar-refractivity contribution is -0.274. The first-order chi connectivity index (χ1) is 19.6. The molecule has 7 nitrogen and oxygen atoms in total. The van der Waals surface area contributed by atoms with E-state index >= 15 is 0 Å². The Morgan fingerprint density at radius 2 is 1.83 bits per heavy atom. The first-order valence-electron chi connectivity index (χ1n) is 14.6. The van der Waals surface area contributed by atoms with Crippen molar-refractivity contribution in [3.63, 3.8) is 0 Å². The van der Waals surface area contributed by atoms with Gasteiger partial charge in [0.1, 0.15) is 11.9 Å². The van der Waals surface area contributed by atoms with Crippen molar-refractivity contribution in [2.45, 2.75) is 82.8 Å². The third kappa shape index (κ3) is 5.00. The van der Waals surface area contributed by atoms with E-state index in [1.165, 1.54) is 11.6 Å². The van der Waals surface area contributed by atoms with E-state index < -0.39 is 28.0 Å². The molecule has 1 aromatic rings. The summed E-state index contributed by atoms with van der Waals surface area (Å²) in [5.74, 6) is 0.614. The summed E-state index contributed by atoms with van der Waals surface area (Å²) in [5, 5.41) is 0. The molecule has 1 aromatic carbocycles. The number of hydrogen-bond donors (Lipinski definition) is 1. The Bertz CT molecular complexity index is 1450. The molecule has 4 aliphatic carbocycles. The number of carbonyl (C=O) groups excluding carboxylic acids is 2. The lowest BCUT2D eigenvalue weighted by Gasteiger charge is -2.57. The van der Waals surface area contributed by atoms with E-state index in [0.29, 0.717) is 30.1 Å². The Kier molecular flexibility index (Phi) is 6.96. The standard InChI is InChI=1S/C31H36F3NO6S/c1-17(4-11-25(37)35-42(38,39)20-7-5-19(6-8-20)41-31(32,33)34)21-9-10-22-26-23(13-15-29(21,22)2)30(3)14-12-18(36)16-24(30)27-28(26)40-27/h4-8,11,16-17,21-23,26-28H,9-10,12-15H2,1-3H3,(H,35,37)/b11-4+/t17-,21?,22?,23?,26?,27-,28+,29-,30-/m1/s1. The van der Waals surface area contributed by atoms with Crippen LogP contribution in [0.15, 0.2) is 53.0 Å². The van der Waals surface area contributed by atoms with E-state index in [-0.39, 0.29) is 39.6 Å². The molecule has 1 heterocycles. The van der Waals surface area contributed by atoms with E-state index in [1.807, 2.05) is 10.8 Å². The number of nitrogens with one attached hydrogen (secondary N) is 1. The summed E-state index contributed by atoms with van der Waals surface area (Å²) in [6.07, 6.45) is 5.94. The summed E-state index contributed by atoms with van der Waals surface area (Å²) in [7, 11) is -4.28. The van der Waals surface area contributed by atoms with Crippen molar-refractivity contribution in [2.24, 2.45) is 40.4 Å². The maximum Gasteiger partial charge on any atom is 0.573 e. The summed E-state index contributed by atoms with van der Waals surface area (Å²) in [5.41, 5.74) is 1.29. The molecule has 0 bridgehead atoms. The number of hydrogen-bond acceptors (Lipinski definition) is 6. The van der Waals surface area contributed by atoms with Gasteiger partial charge >= 0.3 is 6.36 Å². The van der Waals surface area contributed by atoms with Gasteiger partial charge in [-0.15, -0.1) is 13.2 Å². The molecule has 228 valence electrons. The van der Waals surface area contributed by atoms with E-state index in [9.17, 15) is 31.2 Å². The maximum absolute atomic E-state index is 12.6. The van der Waals surface area contributed by atoms with Crippen LogP contribution in [0.25, 0.3) is 0 Å². The van der Waals surface area contributed by atoms with Crippen LogP contribution in [-0.4, -0.2) is 38.7 Å². The zero-order chi connectivity index (χ0) is 30.2. The summed E-state index contributed by atoms with van der Waals surface area (Å²) in [6, 6.07) is 3.65. The fraction of sp³-hybridized carbons (Fsp3) is 0.613. The number of ketones is 1. The summed E-state index contributed by atoms with van der Waals surface area (Å²) >= 11 is 0. The van der Waals surface area contributed by atoms with Crippen LogP contribution in [-0.2, 0) is 24.3 Å². The Morgan fingerprint density at radius 1 is 1.12 bits per heavy atom. The van der Waals surface area contributed by atoms with Gasteiger partial charge in [-0.3, -0.25) is 9.59 Å². The van der Waals surface area contributed by atoms with Crippen LogP contribution in [0.2, 0.25) is 0 Å². The number of ether oxygens (including phenoxy) is 2. The lowest BCUT2D eigenvalue weighted by Crippen LogP contribution is -2.53. The van der Waals surface area contributed by atoms with Gasteiger partial charge in [-0.25, -0.2) is 13.1 Å². The predicted octanol–water partition coefficient (Wildman–Crippen LogP) is 5.72. The molecule has 0 radical (unpaired) electrons. The quantitative estimate of drug-likeness (QED) is 0.328. The molecule has 4 unspecified atom stereocenters. The van der Waals surface area contributed by atoms with Gasteiger partial charge in [0.25, 0.3) is 15.9 Å². The first kappa shape index (κ1) is 29.4. The zero-order valence-corrected chi connectivity index (χ0v) is 24.6. The number of fused-ring (bicyclic) bond motifs is 8. The van der Waals surface area contributed by atoms with Gasteiger partial charge in [0.05, 0.1) is 11.0 Å². The third-order valence-electron chi connectivity index (χ3n) is 11.1. The lowest BCUT2D eigenvalue weighted by atomic mass is 9.46. The van der Waals surface area contributed by atoms with Crippen LogP contribution in [0.3, 0.4) is 0 Å². The van der Waals surface area contributed by atoms with Gasteiger partial charge in [-0.05, 0) is 108 Å². The second-order valence-electron chi connectivity index (χ2n) is 13.2. The van der Waals surface area contributed by atoms with E-state index in [0.717, 1.165) is 56.4 Å². The summed E-state index contributed by atoms with van der Waals surface area (Å²) in [4.78, 5) is 24.5. The highest BCUT2D eigenvalue weighted by atomic mass is 32.2. The molecule has 4 fully saturated rings. The second kappa shape index (κ2) is 9.94. The fourth-order valence-corrected chi connectivity index (χ4v) is 10.1. The van der Waals surface area contributed by atoms with Crippen molar-refractivity contribution < 1.29 is 40.7 Å².